The number of benzene rings is 3. The van der Waals surface area contributed by atoms with Crippen molar-refractivity contribution in [1.29, 1.82) is 5.26 Å². The topological polar surface area (TPSA) is 91.2 Å². The van der Waals surface area contributed by atoms with E-state index < -0.39 is 34.6 Å². The number of nitriles is 1. The molecule has 0 saturated carbocycles. The minimum atomic E-state index is -6.07. The van der Waals surface area contributed by atoms with Gasteiger partial charge >= 0.3 is 17.2 Å². The smallest absolute Gasteiger partial charge is 0.434 e. The van der Waals surface area contributed by atoms with Crippen molar-refractivity contribution in [3.63, 3.8) is 0 Å². The number of amides is 2. The Labute approximate surface area is 243 Å². The molecule has 0 aromatic heterocycles. The van der Waals surface area contributed by atoms with Gasteiger partial charge in [0, 0.05) is 15.6 Å². The molecule has 14 heteroatoms. The van der Waals surface area contributed by atoms with Gasteiger partial charge in [0.1, 0.15) is 0 Å². The van der Waals surface area contributed by atoms with E-state index in [4.69, 9.17) is 10.00 Å². The standard InChI is InChI=1S/C27H19BrClF6N3O3/c1-3-15-11-17(25(30,26(29,31)32)27(33,34)35)12-19(28)21(15)38-24(40)18-5-4-6-20(22(18)41-2)37-23(39)16-9-7-14(13-36)8-10-16/h4-12H,3H2,1-2H3,(H,37,39)(H,38,40). The zero-order valence-electron chi connectivity index (χ0n) is 21.1. The van der Waals surface area contributed by atoms with Gasteiger partial charge in [0.25, 0.3) is 11.8 Å². The molecule has 0 heterocycles. The normalized spacial score (nSPS) is 13.1. The highest BCUT2D eigenvalue weighted by Crippen LogP contribution is 2.55. The van der Waals surface area contributed by atoms with Gasteiger partial charge < -0.3 is 15.4 Å². The highest BCUT2D eigenvalue weighted by Gasteiger charge is 2.72. The van der Waals surface area contributed by atoms with Crippen LogP contribution in [0.2, 0.25) is 0 Å². The number of carbonyl (C=O) groups is 2. The molecule has 1 unspecified atom stereocenters. The van der Waals surface area contributed by atoms with Crippen LogP contribution in [0.3, 0.4) is 0 Å². The average molecular weight is 663 g/mol. The minimum Gasteiger partial charge on any atom is -0.494 e. The van der Waals surface area contributed by atoms with Gasteiger partial charge in [0.2, 0.25) is 0 Å². The number of para-hydroxylation sites is 1. The van der Waals surface area contributed by atoms with Gasteiger partial charge in [-0.1, -0.05) is 13.0 Å². The highest BCUT2D eigenvalue weighted by atomic mass is 79.9. The number of halogens is 8. The van der Waals surface area contributed by atoms with E-state index >= 15 is 0 Å². The summed E-state index contributed by atoms with van der Waals surface area (Å²) in [6.07, 6.45) is -6.16. The van der Waals surface area contributed by atoms with Gasteiger partial charge in [-0.15, -0.1) is 0 Å². The van der Waals surface area contributed by atoms with Crippen LogP contribution in [0.15, 0.2) is 59.1 Å². The lowest BCUT2D eigenvalue weighted by Gasteiger charge is -2.32. The number of anilines is 2. The molecule has 0 spiro atoms. The molecule has 3 aromatic carbocycles. The molecular formula is C27H19BrClF6N3O3. The molecule has 0 aliphatic rings. The maximum atomic E-state index is 14.9. The first-order valence-corrected chi connectivity index (χ1v) is 12.7. The van der Waals surface area contributed by atoms with Crippen molar-refractivity contribution < 1.29 is 40.7 Å². The van der Waals surface area contributed by atoms with Gasteiger partial charge in [-0.25, -0.2) is 4.39 Å². The minimum absolute atomic E-state index is 0.0700. The summed E-state index contributed by atoms with van der Waals surface area (Å²) >= 11 is 7.52. The molecular weight excluding hydrogens is 644 g/mol. The van der Waals surface area contributed by atoms with Crippen molar-refractivity contribution in [1.82, 2.24) is 0 Å². The second-order valence-corrected chi connectivity index (χ2v) is 9.81. The molecule has 0 aliphatic carbocycles. The van der Waals surface area contributed by atoms with Crippen LogP contribution in [0, 0.1) is 11.3 Å². The van der Waals surface area contributed by atoms with Crippen molar-refractivity contribution in [3.8, 4) is 11.8 Å². The SMILES string of the molecule is CCc1cc(C(F)(C(F)(F)F)C(F)(F)Cl)cc(Br)c1NC(=O)c1cccc(NC(=O)c2ccc(C#N)cc2)c1OC. The number of methoxy groups -OCH3 is 1. The first-order chi connectivity index (χ1) is 19.1. The molecule has 0 radical (unpaired) electrons. The highest BCUT2D eigenvalue weighted by molar-refractivity contribution is 9.10. The predicted molar refractivity (Wildman–Crippen MR) is 143 cm³/mol. The van der Waals surface area contributed by atoms with Crippen LogP contribution in [-0.4, -0.2) is 30.5 Å². The number of nitrogens with one attached hydrogen (secondary N) is 2. The second-order valence-electron chi connectivity index (χ2n) is 8.48. The Morgan fingerprint density at radius 2 is 1.63 bits per heavy atom. The Bertz CT molecular complexity index is 1500. The number of hydrogen-bond acceptors (Lipinski definition) is 4. The van der Waals surface area contributed by atoms with Crippen LogP contribution < -0.4 is 15.4 Å². The van der Waals surface area contributed by atoms with Crippen LogP contribution in [0.5, 0.6) is 5.75 Å². The van der Waals surface area contributed by atoms with E-state index in [1.807, 2.05) is 6.07 Å². The van der Waals surface area contributed by atoms with Crippen LogP contribution in [0.1, 0.15) is 44.3 Å². The summed E-state index contributed by atoms with van der Waals surface area (Å²) < 4.78 is 87.8. The van der Waals surface area contributed by atoms with Crippen LogP contribution >= 0.6 is 27.5 Å². The summed E-state index contributed by atoms with van der Waals surface area (Å²) in [6, 6.07) is 12.9. The lowest BCUT2D eigenvalue weighted by Crippen LogP contribution is -2.49. The van der Waals surface area contributed by atoms with E-state index in [-0.39, 0.29) is 44.7 Å². The third-order valence-electron chi connectivity index (χ3n) is 5.96. The lowest BCUT2D eigenvalue weighted by atomic mass is 9.92. The first-order valence-electron chi connectivity index (χ1n) is 11.5. The number of nitrogens with zero attached hydrogens (tertiary/aromatic N) is 1. The summed E-state index contributed by atoms with van der Waals surface area (Å²) in [6.45, 7) is 1.45. The molecule has 2 N–H and O–H groups in total. The maximum Gasteiger partial charge on any atom is 0.434 e. The van der Waals surface area contributed by atoms with Gasteiger partial charge in [-0.2, -0.15) is 27.2 Å². The number of rotatable bonds is 8. The first kappa shape index (κ1) is 31.8. The summed E-state index contributed by atoms with van der Waals surface area (Å²) in [5, 5.41) is 8.64. The van der Waals surface area contributed by atoms with Gasteiger partial charge in [-0.3, -0.25) is 9.59 Å². The summed E-state index contributed by atoms with van der Waals surface area (Å²) in [7, 11) is 1.23. The predicted octanol–water partition coefficient (Wildman–Crippen LogP) is 7.96. The van der Waals surface area contributed by atoms with E-state index in [0.29, 0.717) is 17.7 Å². The maximum absolute atomic E-state index is 14.9. The van der Waals surface area contributed by atoms with Gasteiger partial charge in [0.15, 0.2) is 5.75 Å². The quantitative estimate of drug-likeness (QED) is 0.189. The largest absolute Gasteiger partial charge is 0.494 e. The van der Waals surface area contributed by atoms with Crippen molar-refractivity contribution in [2.45, 2.75) is 30.6 Å². The third-order valence-corrected chi connectivity index (χ3v) is 6.84. The van der Waals surface area contributed by atoms with Crippen LogP contribution in [0.25, 0.3) is 0 Å². The molecule has 0 aliphatic heterocycles. The summed E-state index contributed by atoms with van der Waals surface area (Å²) in [5.41, 5.74) is -6.37. The van der Waals surface area contributed by atoms with Crippen molar-refractivity contribution >= 4 is 50.7 Å². The fourth-order valence-corrected chi connectivity index (χ4v) is 4.69. The molecule has 6 nitrogen and oxygen atoms in total. The fourth-order valence-electron chi connectivity index (χ4n) is 3.88. The number of hydrogen-bond donors (Lipinski definition) is 2. The Morgan fingerprint density at radius 3 is 2.15 bits per heavy atom. The molecule has 216 valence electrons. The van der Waals surface area contributed by atoms with E-state index in [2.05, 4.69) is 38.2 Å². The zero-order chi connectivity index (χ0) is 30.8. The Balaban J connectivity index is 1.98. The average Bonchev–Trinajstić information content (AvgIpc) is 2.91. The van der Waals surface area contributed by atoms with Crippen molar-refractivity contribution in [3.05, 3.63) is 86.9 Å². The number of aryl methyl sites for hydroxylation is 1. The lowest BCUT2D eigenvalue weighted by molar-refractivity contribution is -0.286. The van der Waals surface area contributed by atoms with Crippen molar-refractivity contribution in [2.75, 3.05) is 17.7 Å². The van der Waals surface area contributed by atoms with E-state index in [1.165, 1.54) is 56.5 Å². The molecule has 0 fully saturated rings. The summed E-state index contributed by atoms with van der Waals surface area (Å²) in [5.74, 6) is -1.49. The molecule has 1 atom stereocenters. The molecule has 41 heavy (non-hydrogen) atoms. The van der Waals surface area contributed by atoms with E-state index in [1.54, 1.807) is 0 Å². The molecule has 3 rings (SSSR count). The Hall–Kier alpha value is -3.76. The molecule has 3 aromatic rings. The molecule has 0 saturated heterocycles. The van der Waals surface area contributed by atoms with Crippen molar-refractivity contribution in [2.24, 2.45) is 0 Å². The zero-order valence-corrected chi connectivity index (χ0v) is 23.4. The van der Waals surface area contributed by atoms with E-state index in [9.17, 15) is 35.9 Å². The molecule has 0 bridgehead atoms. The Morgan fingerprint density at radius 1 is 1.00 bits per heavy atom. The van der Waals surface area contributed by atoms with Crippen LogP contribution in [-0.2, 0) is 12.1 Å². The molecule has 2 amide bonds. The fraction of sp³-hybridized carbons (Fsp3) is 0.222. The van der Waals surface area contributed by atoms with Crippen LogP contribution in [0.4, 0.5) is 37.7 Å². The Kier molecular flexibility index (Phi) is 9.30. The second kappa shape index (κ2) is 12.0. The summed E-state index contributed by atoms with van der Waals surface area (Å²) in [4.78, 5) is 25.9. The number of ether oxygens (including phenoxy) is 1. The van der Waals surface area contributed by atoms with E-state index in [0.717, 1.165) is 0 Å². The van der Waals surface area contributed by atoms with Gasteiger partial charge in [0.05, 0.1) is 35.7 Å². The third kappa shape index (κ3) is 6.28. The van der Waals surface area contributed by atoms with Gasteiger partial charge in [-0.05, 0) is 88.0 Å². The monoisotopic (exact) mass is 661 g/mol. The number of carbonyl (C=O) groups excluding carboxylic acids is 2. The number of alkyl halides is 7.